The largest absolute Gasteiger partial charge is 0.478 e. The first-order valence-corrected chi connectivity index (χ1v) is 5.27. The van der Waals surface area contributed by atoms with Crippen LogP contribution in [0.4, 0.5) is 6.01 Å². The van der Waals surface area contributed by atoms with Gasteiger partial charge in [-0.25, -0.2) is 4.79 Å². The van der Waals surface area contributed by atoms with E-state index in [4.69, 9.17) is 19.7 Å². The molecule has 4 N–H and O–H groups in total. The van der Waals surface area contributed by atoms with E-state index in [2.05, 4.69) is 10.3 Å². The number of carboxylic acid groups (broad SMARTS) is 1. The molecule has 1 unspecified atom stereocenters. The Hall–Kier alpha value is -2.12. The summed E-state index contributed by atoms with van der Waals surface area (Å²) in [5.74, 6) is -1.04. The highest BCUT2D eigenvalue weighted by Gasteiger charge is 2.10. The second-order valence-corrected chi connectivity index (χ2v) is 3.72. The molecule has 0 fully saturated rings. The van der Waals surface area contributed by atoms with Crippen LogP contribution < -0.4 is 5.32 Å². The first kappa shape index (κ1) is 12.3. The molecule has 0 aliphatic rings. The molecule has 0 aliphatic heterocycles. The Bertz CT molecular complexity index is 566. The fourth-order valence-electron chi connectivity index (χ4n) is 1.40. The summed E-state index contributed by atoms with van der Waals surface area (Å²) in [6.07, 6.45) is -0.908. The Morgan fingerprint density at radius 3 is 2.94 bits per heavy atom. The van der Waals surface area contributed by atoms with Crippen LogP contribution in [0.15, 0.2) is 22.6 Å². The summed E-state index contributed by atoms with van der Waals surface area (Å²) in [6, 6.07) is 4.51. The number of oxazole rings is 1. The molecule has 0 amide bonds. The Labute approximate surface area is 102 Å². The third-order valence-electron chi connectivity index (χ3n) is 2.34. The molecular formula is C11H12N2O5. The average Bonchev–Trinajstić information content (AvgIpc) is 2.77. The van der Waals surface area contributed by atoms with E-state index in [9.17, 15) is 4.79 Å². The van der Waals surface area contributed by atoms with E-state index in [1.54, 1.807) is 0 Å². The lowest BCUT2D eigenvalue weighted by atomic mass is 10.2. The lowest BCUT2D eigenvalue weighted by molar-refractivity contribution is 0.0697. The lowest BCUT2D eigenvalue weighted by Gasteiger charge is -2.05. The minimum atomic E-state index is -1.04. The summed E-state index contributed by atoms with van der Waals surface area (Å²) in [7, 11) is 0. The smallest absolute Gasteiger partial charge is 0.335 e. The third kappa shape index (κ3) is 2.58. The van der Waals surface area contributed by atoms with Crippen molar-refractivity contribution in [1.82, 2.24) is 4.98 Å². The molecule has 7 nitrogen and oxygen atoms in total. The van der Waals surface area contributed by atoms with Crippen LogP contribution in [0, 0.1) is 0 Å². The number of carboxylic acids is 1. The number of aliphatic hydroxyl groups is 2. The molecule has 96 valence electrons. The summed E-state index contributed by atoms with van der Waals surface area (Å²) in [6.45, 7) is -0.272. The van der Waals surface area contributed by atoms with Crippen LogP contribution in [-0.2, 0) is 0 Å². The van der Waals surface area contributed by atoms with Crippen LogP contribution in [0.25, 0.3) is 11.1 Å². The van der Waals surface area contributed by atoms with Crippen LogP contribution in [0.1, 0.15) is 10.4 Å². The number of aromatic carboxylic acids is 1. The standard InChI is InChI=1S/C11H12N2O5/c14-5-7(15)4-12-11-13-8-2-1-6(10(16)17)3-9(8)18-11/h1-3,7,14-15H,4-5H2,(H,12,13)(H,16,17). The number of aliphatic hydroxyl groups excluding tert-OH is 2. The predicted molar refractivity (Wildman–Crippen MR) is 62.6 cm³/mol. The Morgan fingerprint density at radius 2 is 2.28 bits per heavy atom. The number of benzene rings is 1. The molecule has 1 heterocycles. The molecule has 2 rings (SSSR count). The highest BCUT2D eigenvalue weighted by Crippen LogP contribution is 2.20. The number of hydrogen-bond donors (Lipinski definition) is 4. The van der Waals surface area contributed by atoms with Gasteiger partial charge in [-0.15, -0.1) is 0 Å². The number of anilines is 1. The molecule has 0 spiro atoms. The molecule has 0 aliphatic carbocycles. The second-order valence-electron chi connectivity index (χ2n) is 3.72. The maximum absolute atomic E-state index is 10.8. The lowest BCUT2D eigenvalue weighted by Crippen LogP contribution is -2.22. The number of hydrogen-bond acceptors (Lipinski definition) is 6. The Balaban J connectivity index is 2.19. The molecule has 0 saturated carbocycles. The van der Waals surface area contributed by atoms with Gasteiger partial charge >= 0.3 is 5.97 Å². The molecule has 0 bridgehead atoms. The van der Waals surface area contributed by atoms with E-state index in [-0.39, 0.29) is 24.7 Å². The van der Waals surface area contributed by atoms with Crippen LogP contribution in [0.3, 0.4) is 0 Å². The van der Waals surface area contributed by atoms with Crippen molar-refractivity contribution in [2.24, 2.45) is 0 Å². The minimum Gasteiger partial charge on any atom is -0.478 e. The SMILES string of the molecule is O=C(O)c1ccc2nc(NCC(O)CO)oc2c1. The number of carbonyl (C=O) groups is 1. The topological polar surface area (TPSA) is 116 Å². The molecule has 2 aromatic rings. The van der Waals surface area contributed by atoms with Gasteiger partial charge < -0.3 is 25.1 Å². The molecule has 1 aromatic carbocycles. The van der Waals surface area contributed by atoms with E-state index < -0.39 is 12.1 Å². The van der Waals surface area contributed by atoms with Gasteiger partial charge in [-0.3, -0.25) is 0 Å². The van der Waals surface area contributed by atoms with E-state index in [1.807, 2.05) is 0 Å². The number of aromatic nitrogens is 1. The van der Waals surface area contributed by atoms with Gasteiger partial charge in [-0.1, -0.05) is 0 Å². The Morgan fingerprint density at radius 1 is 1.50 bits per heavy atom. The van der Waals surface area contributed by atoms with Crippen LogP contribution in [0.2, 0.25) is 0 Å². The second kappa shape index (κ2) is 5.03. The normalized spacial score (nSPS) is 12.6. The van der Waals surface area contributed by atoms with Crippen LogP contribution >= 0.6 is 0 Å². The zero-order chi connectivity index (χ0) is 13.1. The number of rotatable bonds is 5. The predicted octanol–water partition coefficient (Wildman–Crippen LogP) is 0.291. The van der Waals surface area contributed by atoms with Crippen molar-refractivity contribution in [2.45, 2.75) is 6.10 Å². The molecule has 0 radical (unpaired) electrons. The highest BCUT2D eigenvalue weighted by molar-refractivity contribution is 5.92. The maximum atomic E-state index is 10.8. The van der Waals surface area contributed by atoms with Crippen molar-refractivity contribution in [3.05, 3.63) is 23.8 Å². The van der Waals surface area contributed by atoms with Gasteiger partial charge in [0.15, 0.2) is 5.58 Å². The Kier molecular flexibility index (Phi) is 3.45. The van der Waals surface area contributed by atoms with Gasteiger partial charge in [0.25, 0.3) is 6.01 Å². The van der Waals surface area contributed by atoms with Gasteiger partial charge in [-0.2, -0.15) is 4.98 Å². The summed E-state index contributed by atoms with van der Waals surface area (Å²) in [5, 5.41) is 29.3. The molecule has 1 atom stereocenters. The number of fused-ring (bicyclic) bond motifs is 1. The first-order chi connectivity index (χ1) is 8.60. The van der Waals surface area contributed by atoms with Gasteiger partial charge in [-0.05, 0) is 18.2 Å². The minimum absolute atomic E-state index is 0.0924. The third-order valence-corrected chi connectivity index (χ3v) is 2.34. The maximum Gasteiger partial charge on any atom is 0.335 e. The highest BCUT2D eigenvalue weighted by atomic mass is 16.4. The van der Waals surface area contributed by atoms with Crippen LogP contribution in [0.5, 0.6) is 0 Å². The van der Waals surface area contributed by atoms with Gasteiger partial charge in [0.05, 0.1) is 18.3 Å². The first-order valence-electron chi connectivity index (χ1n) is 5.27. The van der Waals surface area contributed by atoms with Crippen molar-refractivity contribution >= 4 is 23.1 Å². The molecule has 1 aromatic heterocycles. The van der Waals surface area contributed by atoms with Gasteiger partial charge in [0, 0.05) is 6.54 Å². The van der Waals surface area contributed by atoms with E-state index in [1.165, 1.54) is 18.2 Å². The molecule has 18 heavy (non-hydrogen) atoms. The summed E-state index contributed by atoms with van der Waals surface area (Å²) in [4.78, 5) is 14.8. The zero-order valence-electron chi connectivity index (χ0n) is 9.33. The summed E-state index contributed by atoms with van der Waals surface area (Å²) >= 11 is 0. The van der Waals surface area contributed by atoms with Crippen molar-refractivity contribution in [2.75, 3.05) is 18.5 Å². The molecular weight excluding hydrogens is 240 g/mol. The summed E-state index contributed by atoms with van der Waals surface area (Å²) in [5.41, 5.74) is 0.970. The van der Waals surface area contributed by atoms with Crippen molar-refractivity contribution < 1.29 is 24.5 Å². The average molecular weight is 252 g/mol. The van der Waals surface area contributed by atoms with Gasteiger partial charge in [0.1, 0.15) is 5.52 Å². The van der Waals surface area contributed by atoms with E-state index >= 15 is 0 Å². The van der Waals surface area contributed by atoms with E-state index in [0.717, 1.165) is 0 Å². The van der Waals surface area contributed by atoms with Crippen molar-refractivity contribution in [1.29, 1.82) is 0 Å². The number of nitrogens with zero attached hydrogens (tertiary/aromatic N) is 1. The number of nitrogens with one attached hydrogen (secondary N) is 1. The summed E-state index contributed by atoms with van der Waals surface area (Å²) < 4.78 is 5.28. The van der Waals surface area contributed by atoms with Crippen molar-refractivity contribution in [3.8, 4) is 0 Å². The fraction of sp³-hybridized carbons (Fsp3) is 0.273. The van der Waals surface area contributed by atoms with Crippen molar-refractivity contribution in [3.63, 3.8) is 0 Å². The van der Waals surface area contributed by atoms with Crippen LogP contribution in [-0.4, -0.2) is 45.5 Å². The molecule has 7 heteroatoms. The quantitative estimate of drug-likeness (QED) is 0.604. The monoisotopic (exact) mass is 252 g/mol. The fourth-order valence-corrected chi connectivity index (χ4v) is 1.40. The molecule has 0 saturated heterocycles. The van der Waals surface area contributed by atoms with E-state index in [0.29, 0.717) is 11.1 Å². The zero-order valence-corrected chi connectivity index (χ0v) is 9.33. The van der Waals surface area contributed by atoms with Gasteiger partial charge in [0.2, 0.25) is 0 Å².